The number of carbonyl (C=O) groups excluding carboxylic acids is 1. The van der Waals surface area contributed by atoms with Gasteiger partial charge in [0.1, 0.15) is 0 Å². The zero-order valence-electron chi connectivity index (χ0n) is 8.71. The fourth-order valence-electron chi connectivity index (χ4n) is 1.49. The summed E-state index contributed by atoms with van der Waals surface area (Å²) >= 11 is 1.44. The smallest absolute Gasteiger partial charge is 0.293 e. The minimum absolute atomic E-state index is 0.282. The predicted octanol–water partition coefficient (Wildman–Crippen LogP) is 3.14. The lowest BCUT2D eigenvalue weighted by Gasteiger charge is -1.96. The molecule has 1 amide bonds. The first-order chi connectivity index (χ1) is 8.33. The van der Waals surface area contributed by atoms with Gasteiger partial charge in [0.2, 0.25) is 0 Å². The van der Waals surface area contributed by atoms with Crippen LogP contribution >= 0.6 is 11.3 Å². The molecule has 1 aromatic carbocycles. The van der Waals surface area contributed by atoms with Gasteiger partial charge in [-0.1, -0.05) is 23.5 Å². The van der Waals surface area contributed by atoms with Crippen LogP contribution in [0.5, 0.6) is 0 Å². The normalized spacial score (nSPS) is 10.6. The average Bonchev–Trinajstić information content (AvgIpc) is 2.97. The van der Waals surface area contributed by atoms with Gasteiger partial charge in [0, 0.05) is 0 Å². The van der Waals surface area contributed by atoms with Gasteiger partial charge in [-0.15, -0.1) is 0 Å². The summed E-state index contributed by atoms with van der Waals surface area (Å²) in [6, 6.07) is 11.0. The van der Waals surface area contributed by atoms with E-state index in [1.807, 2.05) is 24.3 Å². The number of rotatable bonds is 2. The maximum Gasteiger partial charge on any atom is 0.293 e. The second-order valence-corrected chi connectivity index (χ2v) is 4.45. The number of carbonyl (C=O) groups is 1. The van der Waals surface area contributed by atoms with Crippen LogP contribution in [0.25, 0.3) is 10.2 Å². The molecule has 84 valence electrons. The van der Waals surface area contributed by atoms with E-state index in [9.17, 15) is 4.79 Å². The van der Waals surface area contributed by atoms with Crippen LogP contribution in [0.4, 0.5) is 5.13 Å². The standard InChI is InChI=1S/C12H8N2O2S/c15-11(9-5-3-7-16-9)14-12-13-8-4-1-2-6-10(8)17-12/h1-7H,(H,13,14,15). The second-order valence-electron chi connectivity index (χ2n) is 3.42. The third-order valence-electron chi connectivity index (χ3n) is 2.26. The number of hydrogen-bond donors (Lipinski definition) is 1. The van der Waals surface area contributed by atoms with Crippen molar-refractivity contribution in [2.45, 2.75) is 0 Å². The Morgan fingerprint density at radius 3 is 2.88 bits per heavy atom. The number of hydrogen-bond acceptors (Lipinski definition) is 4. The first-order valence-corrected chi connectivity index (χ1v) is 5.85. The summed E-state index contributed by atoms with van der Waals surface area (Å²) in [7, 11) is 0. The molecule has 0 spiro atoms. The molecule has 0 bridgehead atoms. The lowest BCUT2D eigenvalue weighted by atomic mass is 10.3. The molecule has 0 atom stereocenters. The zero-order chi connectivity index (χ0) is 11.7. The number of amides is 1. The molecule has 0 aliphatic rings. The molecular formula is C12H8N2O2S. The first kappa shape index (κ1) is 10.0. The molecule has 2 heterocycles. The summed E-state index contributed by atoms with van der Waals surface area (Å²) in [5, 5.41) is 3.28. The number of anilines is 1. The number of nitrogens with one attached hydrogen (secondary N) is 1. The number of aromatic nitrogens is 1. The van der Waals surface area contributed by atoms with Crippen LogP contribution in [0.1, 0.15) is 10.6 Å². The van der Waals surface area contributed by atoms with E-state index < -0.39 is 0 Å². The van der Waals surface area contributed by atoms with Crippen molar-refractivity contribution in [1.29, 1.82) is 0 Å². The Hall–Kier alpha value is -2.14. The molecule has 3 aromatic rings. The highest BCUT2D eigenvalue weighted by molar-refractivity contribution is 7.22. The number of para-hydroxylation sites is 1. The van der Waals surface area contributed by atoms with Gasteiger partial charge in [0.15, 0.2) is 10.9 Å². The van der Waals surface area contributed by atoms with Gasteiger partial charge in [-0.2, -0.15) is 0 Å². The van der Waals surface area contributed by atoms with Gasteiger partial charge < -0.3 is 4.42 Å². The molecule has 4 nitrogen and oxygen atoms in total. The van der Waals surface area contributed by atoms with E-state index in [-0.39, 0.29) is 11.7 Å². The quantitative estimate of drug-likeness (QED) is 0.753. The highest BCUT2D eigenvalue weighted by Crippen LogP contribution is 2.25. The minimum atomic E-state index is -0.283. The zero-order valence-corrected chi connectivity index (χ0v) is 9.53. The molecule has 3 rings (SSSR count). The Kier molecular flexibility index (Phi) is 2.38. The molecule has 5 heteroatoms. The van der Waals surface area contributed by atoms with Gasteiger partial charge >= 0.3 is 0 Å². The number of thiazole rings is 1. The van der Waals surface area contributed by atoms with E-state index >= 15 is 0 Å². The molecule has 0 radical (unpaired) electrons. The van der Waals surface area contributed by atoms with Gasteiger partial charge in [0.05, 0.1) is 16.5 Å². The van der Waals surface area contributed by atoms with Crippen LogP contribution in [-0.2, 0) is 0 Å². The molecule has 0 aliphatic heterocycles. The Balaban J connectivity index is 1.88. The number of nitrogens with zero attached hydrogens (tertiary/aromatic N) is 1. The van der Waals surface area contributed by atoms with Gasteiger partial charge in [0.25, 0.3) is 5.91 Å². The minimum Gasteiger partial charge on any atom is -0.459 e. The fraction of sp³-hybridized carbons (Fsp3) is 0. The van der Waals surface area contributed by atoms with Crippen LogP contribution in [0.2, 0.25) is 0 Å². The van der Waals surface area contributed by atoms with Gasteiger partial charge in [-0.3, -0.25) is 10.1 Å². The second kappa shape index (κ2) is 4.03. The van der Waals surface area contributed by atoms with Crippen molar-refractivity contribution in [2.24, 2.45) is 0 Å². The van der Waals surface area contributed by atoms with Crippen LogP contribution in [-0.4, -0.2) is 10.9 Å². The molecule has 1 N–H and O–H groups in total. The molecular weight excluding hydrogens is 236 g/mol. The first-order valence-electron chi connectivity index (χ1n) is 5.03. The van der Waals surface area contributed by atoms with Crippen molar-refractivity contribution in [3.05, 3.63) is 48.4 Å². The van der Waals surface area contributed by atoms with E-state index in [0.717, 1.165) is 10.2 Å². The van der Waals surface area contributed by atoms with E-state index in [2.05, 4.69) is 10.3 Å². The SMILES string of the molecule is O=C(Nc1nc2ccccc2s1)c1ccco1. The number of fused-ring (bicyclic) bond motifs is 1. The lowest BCUT2D eigenvalue weighted by Crippen LogP contribution is -2.10. The maximum absolute atomic E-state index is 11.7. The fourth-order valence-corrected chi connectivity index (χ4v) is 2.35. The molecule has 0 saturated heterocycles. The molecule has 0 fully saturated rings. The summed E-state index contributed by atoms with van der Waals surface area (Å²) < 4.78 is 6.05. The summed E-state index contributed by atoms with van der Waals surface area (Å²) in [6.45, 7) is 0. The number of benzene rings is 1. The van der Waals surface area contributed by atoms with Crippen LogP contribution in [0, 0.1) is 0 Å². The van der Waals surface area contributed by atoms with Crippen LogP contribution in [0.15, 0.2) is 47.1 Å². The molecule has 0 aliphatic carbocycles. The van der Waals surface area contributed by atoms with Crippen LogP contribution in [0.3, 0.4) is 0 Å². The van der Waals surface area contributed by atoms with E-state index in [0.29, 0.717) is 5.13 Å². The molecule has 0 saturated carbocycles. The van der Waals surface area contributed by atoms with Crippen LogP contribution < -0.4 is 5.32 Å². The molecule has 17 heavy (non-hydrogen) atoms. The maximum atomic E-state index is 11.7. The highest BCUT2D eigenvalue weighted by atomic mass is 32.1. The Bertz CT molecular complexity index is 625. The monoisotopic (exact) mass is 244 g/mol. The highest BCUT2D eigenvalue weighted by Gasteiger charge is 2.11. The van der Waals surface area contributed by atoms with Gasteiger partial charge in [-0.25, -0.2) is 4.98 Å². The van der Waals surface area contributed by atoms with Crippen molar-refractivity contribution in [3.63, 3.8) is 0 Å². The lowest BCUT2D eigenvalue weighted by molar-refractivity contribution is 0.0996. The van der Waals surface area contributed by atoms with E-state index in [1.54, 1.807) is 12.1 Å². The summed E-state index contributed by atoms with van der Waals surface area (Å²) in [6.07, 6.45) is 1.47. The van der Waals surface area contributed by atoms with Crippen molar-refractivity contribution in [3.8, 4) is 0 Å². The van der Waals surface area contributed by atoms with E-state index in [1.165, 1.54) is 17.6 Å². The van der Waals surface area contributed by atoms with Gasteiger partial charge in [-0.05, 0) is 24.3 Å². The van der Waals surface area contributed by atoms with Crippen molar-refractivity contribution >= 4 is 32.6 Å². The van der Waals surface area contributed by atoms with Crippen molar-refractivity contribution < 1.29 is 9.21 Å². The third-order valence-corrected chi connectivity index (χ3v) is 3.21. The summed E-state index contributed by atoms with van der Waals surface area (Å²) in [5.41, 5.74) is 0.882. The summed E-state index contributed by atoms with van der Waals surface area (Å²) in [4.78, 5) is 16.0. The Morgan fingerprint density at radius 1 is 1.24 bits per heavy atom. The predicted molar refractivity (Wildman–Crippen MR) is 66.3 cm³/mol. The Morgan fingerprint density at radius 2 is 2.12 bits per heavy atom. The Labute approximate surface area is 101 Å². The van der Waals surface area contributed by atoms with Crippen molar-refractivity contribution in [1.82, 2.24) is 4.98 Å². The molecule has 2 aromatic heterocycles. The third kappa shape index (κ3) is 1.92. The molecule has 0 unspecified atom stereocenters. The van der Waals surface area contributed by atoms with Crippen molar-refractivity contribution in [2.75, 3.05) is 5.32 Å². The topological polar surface area (TPSA) is 55.1 Å². The average molecular weight is 244 g/mol. The summed E-state index contributed by atoms with van der Waals surface area (Å²) in [5.74, 6) is -0.00156. The number of furan rings is 1. The largest absolute Gasteiger partial charge is 0.459 e. The van der Waals surface area contributed by atoms with E-state index in [4.69, 9.17) is 4.42 Å².